The van der Waals surface area contributed by atoms with Crippen LogP contribution in [-0.2, 0) is 10.5 Å². The number of amides is 2. The van der Waals surface area contributed by atoms with Crippen LogP contribution in [0.4, 0.5) is 10.5 Å². The summed E-state index contributed by atoms with van der Waals surface area (Å²) in [5.41, 5.74) is 2.08. The fourth-order valence-corrected chi connectivity index (χ4v) is 2.97. The van der Waals surface area contributed by atoms with Gasteiger partial charge in [-0.15, -0.1) is 0 Å². The first-order chi connectivity index (χ1) is 10.2. The number of nitrogens with zero attached hydrogens (tertiary/aromatic N) is 3. The molecule has 1 saturated heterocycles. The van der Waals surface area contributed by atoms with Crippen molar-refractivity contribution in [1.82, 2.24) is 14.9 Å². The number of hydrogen-bond donors (Lipinski definition) is 1. The van der Waals surface area contributed by atoms with Crippen molar-refractivity contribution in [1.29, 1.82) is 0 Å². The number of hydrogen-bond acceptors (Lipinski definition) is 4. The van der Waals surface area contributed by atoms with Gasteiger partial charge in [0.05, 0.1) is 18.0 Å². The summed E-state index contributed by atoms with van der Waals surface area (Å²) in [6.07, 6.45) is 3.43. The normalized spacial score (nSPS) is 23.5. The van der Waals surface area contributed by atoms with Crippen molar-refractivity contribution in [3.63, 3.8) is 0 Å². The maximum absolute atomic E-state index is 12.4. The smallest absolute Gasteiger partial charge is 0.324 e. The number of rotatable bonds is 1. The van der Waals surface area contributed by atoms with E-state index in [4.69, 9.17) is 4.74 Å². The monoisotopic (exact) mass is 282 g/mol. The molecule has 0 aromatic carbocycles. The Morgan fingerprint density at radius 1 is 1.33 bits per heavy atom. The number of aryl methyl sites for hydroxylation is 1. The molecule has 0 bridgehead atoms. The minimum absolute atomic E-state index is 0.184. The Hall–Kier alpha value is -2.47. The summed E-state index contributed by atoms with van der Waals surface area (Å²) in [7, 11) is 0. The van der Waals surface area contributed by atoms with Gasteiger partial charge in [0, 0.05) is 18.9 Å². The molecular formula is C15H14N4O2. The van der Waals surface area contributed by atoms with Crippen LogP contribution in [-0.4, -0.2) is 34.1 Å². The van der Waals surface area contributed by atoms with Crippen LogP contribution < -0.4 is 5.32 Å². The fourth-order valence-electron chi connectivity index (χ4n) is 2.97. The Morgan fingerprint density at radius 3 is 3.10 bits per heavy atom. The second-order valence-corrected chi connectivity index (χ2v) is 5.19. The fraction of sp³-hybridized carbons (Fsp3) is 0.267. The molecule has 6 heteroatoms. The van der Waals surface area contributed by atoms with Crippen molar-refractivity contribution >= 4 is 11.7 Å². The Bertz CT molecular complexity index is 733. The largest absolute Gasteiger partial charge is 0.343 e. The van der Waals surface area contributed by atoms with Gasteiger partial charge < -0.3 is 10.1 Å². The Kier molecular flexibility index (Phi) is 2.49. The first-order valence-corrected chi connectivity index (χ1v) is 6.83. The molecule has 106 valence electrons. The minimum atomic E-state index is -1.02. The quantitative estimate of drug-likeness (QED) is 0.867. The Morgan fingerprint density at radius 2 is 2.24 bits per heavy atom. The van der Waals surface area contributed by atoms with E-state index in [9.17, 15) is 4.79 Å². The molecule has 0 spiro atoms. The van der Waals surface area contributed by atoms with Crippen molar-refractivity contribution in [3.05, 3.63) is 53.6 Å². The molecule has 1 unspecified atom stereocenters. The second kappa shape index (κ2) is 4.26. The average molecular weight is 282 g/mol. The van der Waals surface area contributed by atoms with Crippen molar-refractivity contribution in [2.75, 3.05) is 18.5 Å². The molecule has 0 radical (unpaired) electrons. The van der Waals surface area contributed by atoms with Gasteiger partial charge in [-0.3, -0.25) is 14.9 Å². The lowest BCUT2D eigenvalue weighted by Gasteiger charge is -2.40. The van der Waals surface area contributed by atoms with Gasteiger partial charge in [0.25, 0.3) is 0 Å². The molecule has 2 aliphatic heterocycles. The highest BCUT2D eigenvalue weighted by atomic mass is 16.5. The van der Waals surface area contributed by atoms with E-state index in [2.05, 4.69) is 15.3 Å². The molecule has 4 rings (SSSR count). The van der Waals surface area contributed by atoms with Gasteiger partial charge in [-0.25, -0.2) is 4.79 Å². The summed E-state index contributed by atoms with van der Waals surface area (Å²) >= 11 is 0. The zero-order valence-corrected chi connectivity index (χ0v) is 11.5. The van der Waals surface area contributed by atoms with E-state index in [1.165, 1.54) is 0 Å². The first kappa shape index (κ1) is 12.3. The van der Waals surface area contributed by atoms with E-state index in [0.717, 1.165) is 5.56 Å². The molecule has 2 aromatic rings. The highest BCUT2D eigenvalue weighted by Gasteiger charge is 2.54. The van der Waals surface area contributed by atoms with Gasteiger partial charge in [0.2, 0.25) is 5.72 Å². The highest BCUT2D eigenvalue weighted by Crippen LogP contribution is 2.44. The zero-order chi connectivity index (χ0) is 14.4. The lowest BCUT2D eigenvalue weighted by atomic mass is 9.98. The van der Waals surface area contributed by atoms with Crippen molar-refractivity contribution < 1.29 is 9.53 Å². The lowest BCUT2D eigenvalue weighted by molar-refractivity contribution is -0.0396. The summed E-state index contributed by atoms with van der Waals surface area (Å²) in [5.74, 6) is 0. The summed E-state index contributed by atoms with van der Waals surface area (Å²) in [5, 5.41) is 2.86. The van der Waals surface area contributed by atoms with Crippen LogP contribution in [0.2, 0.25) is 0 Å². The van der Waals surface area contributed by atoms with E-state index >= 15 is 0 Å². The van der Waals surface area contributed by atoms with E-state index < -0.39 is 5.72 Å². The molecular weight excluding hydrogens is 268 g/mol. The van der Waals surface area contributed by atoms with Gasteiger partial charge in [0.15, 0.2) is 0 Å². The van der Waals surface area contributed by atoms with Crippen molar-refractivity contribution in [2.24, 2.45) is 0 Å². The molecule has 6 nitrogen and oxygen atoms in total. The standard InChI is InChI=1S/C15H14N4O2/c1-10-4-6-16-12(9-10)15-13-11(3-2-5-17-13)18-14(20)19(15)7-8-21-15/h2-6,9H,7-8H2,1H3,(H,18,20). The molecule has 0 aliphatic carbocycles. The molecule has 0 saturated carbocycles. The van der Waals surface area contributed by atoms with E-state index in [1.807, 2.05) is 25.1 Å². The van der Waals surface area contributed by atoms with Gasteiger partial charge in [-0.2, -0.15) is 0 Å². The number of nitrogens with one attached hydrogen (secondary N) is 1. The summed E-state index contributed by atoms with van der Waals surface area (Å²) in [4.78, 5) is 22.9. The van der Waals surface area contributed by atoms with Gasteiger partial charge in [-0.05, 0) is 36.8 Å². The number of aromatic nitrogens is 2. The maximum Gasteiger partial charge on any atom is 0.324 e. The maximum atomic E-state index is 12.4. The number of anilines is 1. The van der Waals surface area contributed by atoms with Gasteiger partial charge in [0.1, 0.15) is 5.69 Å². The molecule has 2 aromatic heterocycles. The van der Waals surface area contributed by atoms with E-state index in [1.54, 1.807) is 23.4 Å². The second-order valence-electron chi connectivity index (χ2n) is 5.19. The van der Waals surface area contributed by atoms with Crippen LogP contribution in [0.5, 0.6) is 0 Å². The van der Waals surface area contributed by atoms with Crippen LogP contribution in [0.1, 0.15) is 17.0 Å². The van der Waals surface area contributed by atoms with Crippen LogP contribution in [0, 0.1) is 6.92 Å². The number of carbonyl (C=O) groups is 1. The Balaban J connectivity index is 2.01. The molecule has 1 fully saturated rings. The molecule has 2 amide bonds. The van der Waals surface area contributed by atoms with Crippen LogP contribution >= 0.6 is 0 Å². The number of fused-ring (bicyclic) bond motifs is 3. The number of pyridine rings is 2. The van der Waals surface area contributed by atoms with Crippen LogP contribution in [0.3, 0.4) is 0 Å². The van der Waals surface area contributed by atoms with Crippen molar-refractivity contribution in [3.8, 4) is 0 Å². The summed E-state index contributed by atoms with van der Waals surface area (Å²) in [6.45, 7) is 2.96. The van der Waals surface area contributed by atoms with E-state index in [-0.39, 0.29) is 6.03 Å². The number of ether oxygens (including phenoxy) is 1. The number of urea groups is 1. The number of carbonyl (C=O) groups excluding carboxylic acids is 1. The Labute approximate surface area is 121 Å². The zero-order valence-electron chi connectivity index (χ0n) is 11.5. The van der Waals surface area contributed by atoms with Crippen molar-refractivity contribution in [2.45, 2.75) is 12.6 Å². The average Bonchev–Trinajstić information content (AvgIpc) is 2.94. The van der Waals surface area contributed by atoms with Gasteiger partial charge >= 0.3 is 6.03 Å². The molecule has 21 heavy (non-hydrogen) atoms. The third-order valence-electron chi connectivity index (χ3n) is 3.88. The third-order valence-corrected chi connectivity index (χ3v) is 3.88. The molecule has 1 atom stereocenters. The van der Waals surface area contributed by atoms with Crippen LogP contribution in [0.15, 0.2) is 36.7 Å². The minimum Gasteiger partial charge on any atom is -0.343 e. The first-order valence-electron chi connectivity index (χ1n) is 6.83. The van der Waals surface area contributed by atoms with E-state index in [0.29, 0.717) is 30.2 Å². The topological polar surface area (TPSA) is 67.3 Å². The molecule has 2 aliphatic rings. The van der Waals surface area contributed by atoms with Gasteiger partial charge in [-0.1, -0.05) is 0 Å². The summed E-state index contributed by atoms with van der Waals surface area (Å²) < 4.78 is 6.02. The summed E-state index contributed by atoms with van der Waals surface area (Å²) in [6, 6.07) is 7.30. The molecule has 1 N–H and O–H groups in total. The predicted molar refractivity (Wildman–Crippen MR) is 75.7 cm³/mol. The SMILES string of the molecule is Cc1ccnc(C23OCCN2C(=O)Nc2cccnc23)c1. The lowest BCUT2D eigenvalue weighted by Crippen LogP contribution is -2.53. The predicted octanol–water partition coefficient (Wildman–Crippen LogP) is 1.86. The molecule has 4 heterocycles. The third kappa shape index (κ3) is 1.59. The highest BCUT2D eigenvalue weighted by molar-refractivity contribution is 5.93. The van der Waals surface area contributed by atoms with Crippen LogP contribution in [0.25, 0.3) is 0 Å².